The van der Waals surface area contributed by atoms with Gasteiger partial charge < -0.3 is 15.2 Å². The first-order chi connectivity index (χ1) is 11.6. The molecule has 2 N–H and O–H groups in total. The van der Waals surface area contributed by atoms with Gasteiger partial charge in [0, 0.05) is 26.1 Å². The zero-order chi connectivity index (χ0) is 17.4. The summed E-state index contributed by atoms with van der Waals surface area (Å²) >= 11 is 5.79. The third-order valence-electron chi connectivity index (χ3n) is 3.41. The number of benzene rings is 1. The van der Waals surface area contributed by atoms with Crippen molar-refractivity contribution < 1.29 is 4.39 Å². The Labute approximate surface area is 169 Å². The third kappa shape index (κ3) is 6.77. The van der Waals surface area contributed by atoms with Crippen molar-refractivity contribution in [1.29, 1.82) is 0 Å². The van der Waals surface area contributed by atoms with Gasteiger partial charge in [-0.05, 0) is 24.6 Å². The van der Waals surface area contributed by atoms with Crippen molar-refractivity contribution >= 4 is 41.5 Å². The van der Waals surface area contributed by atoms with E-state index in [1.165, 1.54) is 6.07 Å². The summed E-state index contributed by atoms with van der Waals surface area (Å²) in [7, 11) is 0. The molecule has 138 valence electrons. The standard InChI is InChI=1S/C16H22ClFN6.HI/c1-3-15-23-22-11-24(15)8-7-20-16(19-4-2)21-10-12-5-6-14(18)13(17)9-12;/h5-6,9,11H,3-4,7-8,10H2,1-2H3,(H2,19,20,21);1H. The summed E-state index contributed by atoms with van der Waals surface area (Å²) in [5.41, 5.74) is 0.852. The molecule has 0 aliphatic rings. The monoisotopic (exact) mass is 480 g/mol. The summed E-state index contributed by atoms with van der Waals surface area (Å²) < 4.78 is 15.2. The van der Waals surface area contributed by atoms with Gasteiger partial charge in [0.05, 0.1) is 11.6 Å². The Hall–Kier alpha value is -1.42. The molecule has 0 saturated carbocycles. The fraction of sp³-hybridized carbons (Fsp3) is 0.438. The van der Waals surface area contributed by atoms with Gasteiger partial charge in [-0.3, -0.25) is 0 Å². The molecule has 2 rings (SSSR count). The molecule has 1 heterocycles. The average Bonchev–Trinajstić information content (AvgIpc) is 3.03. The van der Waals surface area contributed by atoms with E-state index in [2.05, 4.69) is 25.8 Å². The number of hydrogen-bond acceptors (Lipinski definition) is 3. The molecule has 0 bridgehead atoms. The van der Waals surface area contributed by atoms with Gasteiger partial charge >= 0.3 is 0 Å². The van der Waals surface area contributed by atoms with E-state index in [1.807, 2.05) is 18.4 Å². The fourth-order valence-electron chi connectivity index (χ4n) is 2.18. The zero-order valence-corrected chi connectivity index (χ0v) is 17.4. The van der Waals surface area contributed by atoms with Gasteiger partial charge in [0.2, 0.25) is 0 Å². The van der Waals surface area contributed by atoms with Crippen LogP contribution in [-0.2, 0) is 19.5 Å². The summed E-state index contributed by atoms with van der Waals surface area (Å²) in [6, 6.07) is 4.62. The van der Waals surface area contributed by atoms with Gasteiger partial charge in [-0.15, -0.1) is 34.2 Å². The van der Waals surface area contributed by atoms with Crippen LogP contribution in [0.1, 0.15) is 25.2 Å². The van der Waals surface area contributed by atoms with Gasteiger partial charge in [-0.2, -0.15) is 0 Å². The van der Waals surface area contributed by atoms with Gasteiger partial charge in [0.25, 0.3) is 0 Å². The number of halogens is 3. The maximum absolute atomic E-state index is 13.2. The zero-order valence-electron chi connectivity index (χ0n) is 14.3. The molecular weight excluding hydrogens is 458 g/mol. The SMILES string of the molecule is CCNC(=NCc1ccc(F)c(Cl)c1)NCCn1cnnc1CC.I. The highest BCUT2D eigenvalue weighted by Gasteiger charge is 2.03. The van der Waals surface area contributed by atoms with E-state index in [0.717, 1.165) is 30.9 Å². The van der Waals surface area contributed by atoms with E-state index in [0.29, 0.717) is 19.0 Å². The van der Waals surface area contributed by atoms with Gasteiger partial charge in [0.1, 0.15) is 18.0 Å². The molecule has 9 heteroatoms. The first-order valence-corrected chi connectivity index (χ1v) is 8.34. The fourth-order valence-corrected chi connectivity index (χ4v) is 2.39. The molecule has 6 nitrogen and oxygen atoms in total. The Morgan fingerprint density at radius 2 is 2.12 bits per heavy atom. The molecule has 0 amide bonds. The van der Waals surface area contributed by atoms with Crippen molar-refractivity contribution in [1.82, 2.24) is 25.4 Å². The van der Waals surface area contributed by atoms with Crippen molar-refractivity contribution in [3.05, 3.63) is 46.8 Å². The van der Waals surface area contributed by atoms with Crippen LogP contribution in [0.3, 0.4) is 0 Å². The molecule has 0 fully saturated rings. The number of nitrogens with one attached hydrogen (secondary N) is 2. The van der Waals surface area contributed by atoms with E-state index in [1.54, 1.807) is 18.5 Å². The molecule has 0 radical (unpaired) electrons. The van der Waals surface area contributed by atoms with E-state index in [9.17, 15) is 4.39 Å². The highest BCUT2D eigenvalue weighted by atomic mass is 127. The Morgan fingerprint density at radius 3 is 2.80 bits per heavy atom. The van der Waals surface area contributed by atoms with Crippen LogP contribution in [0.4, 0.5) is 4.39 Å². The quantitative estimate of drug-likeness (QED) is 0.363. The molecule has 0 unspecified atom stereocenters. The summed E-state index contributed by atoms with van der Waals surface area (Å²) in [6.45, 7) is 6.67. The van der Waals surface area contributed by atoms with Crippen LogP contribution in [0.25, 0.3) is 0 Å². The van der Waals surface area contributed by atoms with E-state index < -0.39 is 5.82 Å². The number of nitrogens with zero attached hydrogens (tertiary/aromatic N) is 4. The summed E-state index contributed by atoms with van der Waals surface area (Å²) in [5, 5.41) is 14.5. The number of guanidine groups is 1. The topological polar surface area (TPSA) is 67.1 Å². The van der Waals surface area contributed by atoms with E-state index in [-0.39, 0.29) is 29.0 Å². The molecule has 0 spiro atoms. The largest absolute Gasteiger partial charge is 0.357 e. The first-order valence-electron chi connectivity index (χ1n) is 7.96. The molecule has 0 aliphatic carbocycles. The molecule has 0 saturated heterocycles. The number of aliphatic imine (C=N–C) groups is 1. The third-order valence-corrected chi connectivity index (χ3v) is 3.69. The second kappa shape index (κ2) is 11.2. The lowest BCUT2D eigenvalue weighted by atomic mass is 10.2. The van der Waals surface area contributed by atoms with Crippen LogP contribution in [0.15, 0.2) is 29.5 Å². The van der Waals surface area contributed by atoms with Crippen molar-refractivity contribution in [3.63, 3.8) is 0 Å². The Kier molecular flexibility index (Phi) is 9.73. The van der Waals surface area contributed by atoms with Crippen molar-refractivity contribution in [2.45, 2.75) is 33.4 Å². The predicted octanol–water partition coefficient (Wildman–Crippen LogP) is 3.01. The predicted molar refractivity (Wildman–Crippen MR) is 109 cm³/mol. The van der Waals surface area contributed by atoms with Crippen LogP contribution in [0.5, 0.6) is 0 Å². The Balaban J connectivity index is 0.00000312. The highest BCUT2D eigenvalue weighted by molar-refractivity contribution is 14.0. The van der Waals surface area contributed by atoms with Crippen LogP contribution in [-0.4, -0.2) is 33.8 Å². The smallest absolute Gasteiger partial charge is 0.191 e. The maximum atomic E-state index is 13.2. The summed E-state index contributed by atoms with van der Waals surface area (Å²) in [4.78, 5) is 4.49. The lowest BCUT2D eigenvalue weighted by Crippen LogP contribution is -2.38. The highest BCUT2D eigenvalue weighted by Crippen LogP contribution is 2.16. The van der Waals surface area contributed by atoms with Crippen molar-refractivity contribution in [2.24, 2.45) is 4.99 Å². The van der Waals surface area contributed by atoms with E-state index in [4.69, 9.17) is 11.6 Å². The van der Waals surface area contributed by atoms with E-state index >= 15 is 0 Å². The molecule has 2 aromatic rings. The van der Waals surface area contributed by atoms with Crippen LogP contribution in [0, 0.1) is 5.82 Å². The molecule has 1 aromatic carbocycles. The molecular formula is C16H23ClFIN6. The maximum Gasteiger partial charge on any atom is 0.191 e. The van der Waals surface area contributed by atoms with Gasteiger partial charge in [-0.1, -0.05) is 24.6 Å². The second-order valence-corrected chi connectivity index (χ2v) is 5.57. The van der Waals surface area contributed by atoms with Crippen molar-refractivity contribution in [2.75, 3.05) is 13.1 Å². The van der Waals surface area contributed by atoms with Gasteiger partial charge in [-0.25, -0.2) is 9.38 Å². The number of aryl methyl sites for hydroxylation is 1. The Bertz CT molecular complexity index is 691. The molecule has 0 aliphatic heterocycles. The van der Waals surface area contributed by atoms with Gasteiger partial charge in [0.15, 0.2) is 5.96 Å². The van der Waals surface area contributed by atoms with Crippen LogP contribution < -0.4 is 10.6 Å². The normalized spacial score (nSPS) is 11.1. The number of aromatic nitrogens is 3. The lowest BCUT2D eigenvalue weighted by molar-refractivity contribution is 0.627. The van der Waals surface area contributed by atoms with Crippen molar-refractivity contribution in [3.8, 4) is 0 Å². The summed E-state index contributed by atoms with van der Waals surface area (Å²) in [5.74, 6) is 1.24. The van der Waals surface area contributed by atoms with Crippen LogP contribution >= 0.6 is 35.6 Å². The minimum atomic E-state index is -0.421. The Morgan fingerprint density at radius 1 is 1.32 bits per heavy atom. The minimum absolute atomic E-state index is 0. The molecule has 1 aromatic heterocycles. The number of hydrogen-bond donors (Lipinski definition) is 2. The summed E-state index contributed by atoms with van der Waals surface area (Å²) in [6.07, 6.45) is 2.57. The second-order valence-electron chi connectivity index (χ2n) is 5.16. The minimum Gasteiger partial charge on any atom is -0.357 e. The van der Waals surface area contributed by atoms with Crippen LogP contribution in [0.2, 0.25) is 5.02 Å². The first kappa shape index (κ1) is 21.6. The molecule has 25 heavy (non-hydrogen) atoms. The molecule has 0 atom stereocenters. The average molecular weight is 481 g/mol. The number of rotatable bonds is 7. The lowest BCUT2D eigenvalue weighted by Gasteiger charge is -2.12.